The van der Waals surface area contributed by atoms with Gasteiger partial charge in [-0.25, -0.2) is 4.98 Å². The van der Waals surface area contributed by atoms with E-state index in [-0.39, 0.29) is 0 Å². The Morgan fingerprint density at radius 3 is 2.58 bits per heavy atom. The fourth-order valence-electron chi connectivity index (χ4n) is 0.638. The molecule has 0 aliphatic heterocycles. The SMILES string of the molecule is Cn1ccnc1CC#N.N#CS. The zero-order chi connectivity index (χ0) is 9.40. The highest BCUT2D eigenvalue weighted by Crippen LogP contribution is 1.92. The smallest absolute Gasteiger partial charge is 0.130 e. The van der Waals surface area contributed by atoms with Gasteiger partial charge in [-0.1, -0.05) is 12.6 Å². The second kappa shape index (κ2) is 6.26. The molecule has 4 nitrogen and oxygen atoms in total. The number of nitriles is 2. The van der Waals surface area contributed by atoms with Crippen molar-refractivity contribution in [2.24, 2.45) is 7.05 Å². The first-order chi connectivity index (χ1) is 5.76. The van der Waals surface area contributed by atoms with Gasteiger partial charge < -0.3 is 4.57 Å². The highest BCUT2D eigenvalue weighted by Gasteiger charge is 1.94. The quantitative estimate of drug-likeness (QED) is 0.515. The molecule has 0 aliphatic rings. The van der Waals surface area contributed by atoms with Crippen LogP contribution in [0.4, 0.5) is 0 Å². The van der Waals surface area contributed by atoms with Crippen molar-refractivity contribution < 1.29 is 0 Å². The third-order valence-electron chi connectivity index (χ3n) is 1.16. The number of thiocyanates is 1. The van der Waals surface area contributed by atoms with E-state index >= 15 is 0 Å². The summed E-state index contributed by atoms with van der Waals surface area (Å²) in [6, 6.07) is 2.03. The molecule has 0 aliphatic carbocycles. The molecule has 0 radical (unpaired) electrons. The lowest BCUT2D eigenvalue weighted by molar-refractivity contribution is 0.833. The van der Waals surface area contributed by atoms with E-state index < -0.39 is 0 Å². The van der Waals surface area contributed by atoms with E-state index in [9.17, 15) is 0 Å². The topological polar surface area (TPSA) is 65.4 Å². The Bertz CT molecular complexity index is 304. The fourth-order valence-corrected chi connectivity index (χ4v) is 0.638. The molecule has 0 spiro atoms. The molecule has 12 heavy (non-hydrogen) atoms. The molecule has 1 heterocycles. The van der Waals surface area contributed by atoms with Crippen LogP contribution in [0.25, 0.3) is 0 Å². The molecule has 0 atom stereocenters. The Balaban J connectivity index is 0.000000354. The Kier molecular flexibility index (Phi) is 5.50. The van der Waals surface area contributed by atoms with Gasteiger partial charge in [0, 0.05) is 19.4 Å². The molecule has 1 aromatic heterocycles. The van der Waals surface area contributed by atoms with Crippen LogP contribution in [-0.2, 0) is 13.5 Å². The van der Waals surface area contributed by atoms with Gasteiger partial charge in [0.1, 0.15) is 11.2 Å². The number of aromatic nitrogens is 2. The Morgan fingerprint density at radius 1 is 1.67 bits per heavy atom. The van der Waals surface area contributed by atoms with Gasteiger partial charge in [-0.05, 0) is 0 Å². The lowest BCUT2D eigenvalue weighted by Gasteiger charge is -1.91. The summed E-state index contributed by atoms with van der Waals surface area (Å²) in [5, 5.41) is 16.9. The summed E-state index contributed by atoms with van der Waals surface area (Å²) in [7, 11) is 1.87. The summed E-state index contributed by atoms with van der Waals surface area (Å²) >= 11 is 3.09. The summed E-state index contributed by atoms with van der Waals surface area (Å²) in [6.45, 7) is 0. The van der Waals surface area contributed by atoms with E-state index in [0.29, 0.717) is 6.42 Å². The lowest BCUT2D eigenvalue weighted by Crippen LogP contribution is -1.94. The minimum absolute atomic E-state index is 0.392. The van der Waals surface area contributed by atoms with Crippen molar-refractivity contribution in [1.29, 1.82) is 10.5 Å². The monoisotopic (exact) mass is 180 g/mol. The van der Waals surface area contributed by atoms with E-state index in [0.717, 1.165) is 5.82 Å². The standard InChI is InChI=1S/C6H7N3.CHNS/c1-9-5-4-8-6(9)2-3-7;2-1-3/h4-5H,2H2,1H3;3H. The molecular formula is C7H8N4S. The van der Waals surface area contributed by atoms with Crippen LogP contribution in [0, 0.1) is 22.0 Å². The number of aryl methyl sites for hydroxylation is 1. The molecule has 0 saturated carbocycles. The van der Waals surface area contributed by atoms with Crippen molar-refractivity contribution in [2.75, 3.05) is 0 Å². The summed E-state index contributed by atoms with van der Waals surface area (Å²) in [4.78, 5) is 3.95. The molecule has 0 unspecified atom stereocenters. The predicted molar refractivity (Wildman–Crippen MR) is 47.1 cm³/mol. The first kappa shape index (κ1) is 10.5. The Morgan fingerprint density at radius 2 is 2.25 bits per heavy atom. The van der Waals surface area contributed by atoms with Gasteiger partial charge in [0.15, 0.2) is 0 Å². The molecule has 0 fully saturated rings. The molecular weight excluding hydrogens is 172 g/mol. The first-order valence-electron chi connectivity index (χ1n) is 3.12. The molecule has 0 amide bonds. The van der Waals surface area contributed by atoms with Gasteiger partial charge in [0.05, 0.1) is 12.5 Å². The molecule has 1 rings (SSSR count). The second-order valence-electron chi connectivity index (χ2n) is 1.89. The van der Waals surface area contributed by atoms with Crippen LogP contribution in [0.2, 0.25) is 0 Å². The van der Waals surface area contributed by atoms with Gasteiger partial charge in [-0.3, -0.25) is 0 Å². The van der Waals surface area contributed by atoms with Crippen molar-refractivity contribution >= 4 is 12.6 Å². The number of imidazole rings is 1. The molecule has 5 heteroatoms. The van der Waals surface area contributed by atoms with Crippen LogP contribution in [-0.4, -0.2) is 9.55 Å². The van der Waals surface area contributed by atoms with E-state index in [1.54, 1.807) is 6.20 Å². The van der Waals surface area contributed by atoms with Crippen LogP contribution in [0.15, 0.2) is 12.4 Å². The van der Waals surface area contributed by atoms with Crippen LogP contribution in [0.1, 0.15) is 5.82 Å². The van der Waals surface area contributed by atoms with Crippen LogP contribution in [0.5, 0.6) is 0 Å². The number of hydrogen-bond donors (Lipinski definition) is 1. The predicted octanol–water partition coefficient (Wildman–Crippen LogP) is 0.883. The van der Waals surface area contributed by atoms with Crippen molar-refractivity contribution in [1.82, 2.24) is 9.55 Å². The highest BCUT2D eigenvalue weighted by molar-refractivity contribution is 7.85. The van der Waals surface area contributed by atoms with E-state index in [1.165, 1.54) is 5.40 Å². The van der Waals surface area contributed by atoms with Crippen molar-refractivity contribution in [2.45, 2.75) is 6.42 Å². The van der Waals surface area contributed by atoms with Crippen molar-refractivity contribution in [3.63, 3.8) is 0 Å². The molecule has 0 saturated heterocycles. The maximum absolute atomic E-state index is 8.26. The average Bonchev–Trinajstić information content (AvgIpc) is 2.39. The molecule has 0 N–H and O–H groups in total. The molecule has 1 aromatic rings. The van der Waals surface area contributed by atoms with Crippen molar-refractivity contribution in [3.05, 3.63) is 18.2 Å². The third-order valence-corrected chi connectivity index (χ3v) is 1.16. The normalized spacial score (nSPS) is 7.33. The Labute approximate surface area is 76.5 Å². The van der Waals surface area contributed by atoms with Gasteiger partial charge in [0.25, 0.3) is 0 Å². The third kappa shape index (κ3) is 3.65. The number of rotatable bonds is 1. The molecule has 62 valence electrons. The highest BCUT2D eigenvalue weighted by atomic mass is 32.1. The summed E-state index contributed by atoms with van der Waals surface area (Å²) in [5.41, 5.74) is 0. The number of nitrogens with zero attached hydrogens (tertiary/aromatic N) is 4. The van der Waals surface area contributed by atoms with Crippen LogP contribution in [0.3, 0.4) is 0 Å². The molecule has 0 aromatic carbocycles. The maximum atomic E-state index is 8.26. The zero-order valence-corrected chi connectivity index (χ0v) is 7.49. The minimum atomic E-state index is 0.392. The van der Waals surface area contributed by atoms with Gasteiger partial charge in [-0.2, -0.15) is 10.5 Å². The number of thiol groups is 1. The van der Waals surface area contributed by atoms with E-state index in [1.807, 2.05) is 23.9 Å². The lowest BCUT2D eigenvalue weighted by atomic mass is 10.4. The van der Waals surface area contributed by atoms with Gasteiger partial charge >= 0.3 is 0 Å². The number of hydrogen-bond acceptors (Lipinski definition) is 4. The zero-order valence-electron chi connectivity index (χ0n) is 6.60. The summed E-state index contributed by atoms with van der Waals surface area (Å²) < 4.78 is 1.84. The van der Waals surface area contributed by atoms with Crippen LogP contribution < -0.4 is 0 Å². The van der Waals surface area contributed by atoms with Gasteiger partial charge in [-0.15, -0.1) is 0 Å². The second-order valence-corrected chi connectivity index (χ2v) is 2.09. The van der Waals surface area contributed by atoms with Gasteiger partial charge in [0.2, 0.25) is 0 Å². The largest absolute Gasteiger partial charge is 0.337 e. The van der Waals surface area contributed by atoms with E-state index in [2.05, 4.69) is 17.6 Å². The van der Waals surface area contributed by atoms with Crippen molar-refractivity contribution in [3.8, 4) is 11.5 Å². The maximum Gasteiger partial charge on any atom is 0.130 e. The molecule has 0 bridgehead atoms. The fraction of sp³-hybridized carbons (Fsp3) is 0.286. The Hall–Kier alpha value is -1.46. The minimum Gasteiger partial charge on any atom is -0.337 e. The summed E-state index contributed by atoms with van der Waals surface area (Å²) in [6.07, 6.45) is 3.91. The summed E-state index contributed by atoms with van der Waals surface area (Å²) in [5.74, 6) is 0.817. The first-order valence-corrected chi connectivity index (χ1v) is 3.57. The van der Waals surface area contributed by atoms with E-state index in [4.69, 9.17) is 10.5 Å². The van der Waals surface area contributed by atoms with Crippen LogP contribution >= 0.6 is 12.6 Å². The average molecular weight is 180 g/mol.